The summed E-state index contributed by atoms with van der Waals surface area (Å²) in [6.07, 6.45) is 0. The fourth-order valence-electron chi connectivity index (χ4n) is 0.843. The Morgan fingerprint density at radius 3 is 2.50 bits per heavy atom. The molecule has 68 valence electrons. The number of rotatable bonds is 2. The lowest BCUT2D eigenvalue weighted by molar-refractivity contribution is 0.416. The molecule has 1 rings (SSSR count). The largest absolute Gasteiger partial charge is 0.486 e. The van der Waals surface area contributed by atoms with Gasteiger partial charge in [-0.1, -0.05) is 0 Å². The number of methoxy groups -OCH3 is 1. The van der Waals surface area contributed by atoms with E-state index in [0.717, 1.165) is 0 Å². The Morgan fingerprint density at radius 1 is 1.58 bits per heavy atom. The van der Waals surface area contributed by atoms with E-state index >= 15 is 0 Å². The predicted molar refractivity (Wildman–Crippen MR) is 48.6 cm³/mol. The zero-order valence-corrected chi connectivity index (χ0v) is 8.89. The van der Waals surface area contributed by atoms with Crippen molar-refractivity contribution in [3.8, 4) is 5.06 Å². The van der Waals surface area contributed by atoms with E-state index in [1.165, 1.54) is 18.4 Å². The van der Waals surface area contributed by atoms with Crippen LogP contribution in [-0.4, -0.2) is 15.5 Å². The molecule has 0 saturated heterocycles. The van der Waals surface area contributed by atoms with E-state index < -0.39 is 9.05 Å². The number of halogens is 1. The van der Waals surface area contributed by atoms with Crippen LogP contribution in [0.15, 0.2) is 10.3 Å². The summed E-state index contributed by atoms with van der Waals surface area (Å²) in [5.74, 6) is 0. The molecule has 3 nitrogen and oxygen atoms in total. The highest BCUT2D eigenvalue weighted by atomic mass is 35.7. The third-order valence-corrected chi connectivity index (χ3v) is 3.96. The maximum Gasteiger partial charge on any atom is 0.266 e. The van der Waals surface area contributed by atoms with Crippen LogP contribution < -0.4 is 4.74 Å². The first-order valence-corrected chi connectivity index (χ1v) is 6.22. The van der Waals surface area contributed by atoms with Crippen LogP contribution in [0.25, 0.3) is 0 Å². The average molecular weight is 227 g/mol. The van der Waals surface area contributed by atoms with Crippen LogP contribution in [0.3, 0.4) is 0 Å². The van der Waals surface area contributed by atoms with Gasteiger partial charge >= 0.3 is 0 Å². The second kappa shape index (κ2) is 3.24. The van der Waals surface area contributed by atoms with Gasteiger partial charge in [-0.05, 0) is 17.9 Å². The first-order valence-electron chi connectivity index (χ1n) is 3.03. The van der Waals surface area contributed by atoms with Crippen LogP contribution in [0.4, 0.5) is 0 Å². The summed E-state index contributed by atoms with van der Waals surface area (Å²) < 4.78 is 26.8. The Balaban J connectivity index is 3.39. The molecule has 0 aromatic carbocycles. The van der Waals surface area contributed by atoms with Crippen LogP contribution in [-0.2, 0) is 9.05 Å². The van der Waals surface area contributed by atoms with Crippen molar-refractivity contribution < 1.29 is 13.2 Å². The summed E-state index contributed by atoms with van der Waals surface area (Å²) in [7, 11) is 2.93. The lowest BCUT2D eigenvalue weighted by Gasteiger charge is -1.98. The van der Waals surface area contributed by atoms with Crippen LogP contribution in [0.5, 0.6) is 5.06 Å². The van der Waals surface area contributed by atoms with Gasteiger partial charge in [0.2, 0.25) is 0 Å². The fraction of sp³-hybridized carbons (Fsp3) is 0.333. The van der Waals surface area contributed by atoms with Crippen LogP contribution in [0.1, 0.15) is 5.56 Å². The van der Waals surface area contributed by atoms with Crippen molar-refractivity contribution in [2.75, 3.05) is 7.11 Å². The fourth-order valence-corrected chi connectivity index (χ4v) is 3.60. The Hall–Kier alpha value is -0.260. The molecule has 0 fully saturated rings. The normalized spacial score (nSPS) is 11.6. The molecule has 0 N–H and O–H groups in total. The minimum absolute atomic E-state index is 0.0802. The molecule has 6 heteroatoms. The molecule has 0 saturated carbocycles. The molecule has 0 bridgehead atoms. The second-order valence-electron chi connectivity index (χ2n) is 2.18. The topological polar surface area (TPSA) is 43.4 Å². The molecule has 0 atom stereocenters. The van der Waals surface area contributed by atoms with Crippen LogP contribution >= 0.6 is 22.0 Å². The lowest BCUT2D eigenvalue weighted by Crippen LogP contribution is -1.93. The van der Waals surface area contributed by atoms with E-state index in [1.54, 1.807) is 12.3 Å². The van der Waals surface area contributed by atoms with Gasteiger partial charge in [-0.15, -0.1) is 11.3 Å². The van der Waals surface area contributed by atoms with Gasteiger partial charge in [0.25, 0.3) is 9.05 Å². The Labute approximate surface area is 79.3 Å². The second-order valence-corrected chi connectivity index (χ2v) is 5.52. The van der Waals surface area contributed by atoms with Crippen molar-refractivity contribution in [3.05, 3.63) is 10.9 Å². The van der Waals surface area contributed by atoms with E-state index in [-0.39, 0.29) is 4.90 Å². The van der Waals surface area contributed by atoms with Gasteiger partial charge in [0.05, 0.1) is 7.11 Å². The number of hydrogen-bond acceptors (Lipinski definition) is 4. The van der Waals surface area contributed by atoms with Gasteiger partial charge in [0, 0.05) is 10.7 Å². The quantitative estimate of drug-likeness (QED) is 0.725. The molecule has 0 unspecified atom stereocenters. The minimum atomic E-state index is -3.68. The molecule has 0 aliphatic heterocycles. The van der Waals surface area contributed by atoms with Crippen molar-refractivity contribution in [3.63, 3.8) is 0 Å². The third kappa shape index (κ3) is 1.73. The first-order chi connectivity index (χ1) is 5.46. The smallest absolute Gasteiger partial charge is 0.266 e. The predicted octanol–water partition coefficient (Wildman–Crippen LogP) is 1.99. The molecule has 0 amide bonds. The Kier molecular flexibility index (Phi) is 2.65. The molecule has 0 aliphatic carbocycles. The minimum Gasteiger partial charge on any atom is -0.486 e. The van der Waals surface area contributed by atoms with E-state index in [0.29, 0.717) is 10.6 Å². The van der Waals surface area contributed by atoms with Gasteiger partial charge < -0.3 is 4.74 Å². The highest BCUT2D eigenvalue weighted by molar-refractivity contribution is 8.14. The lowest BCUT2D eigenvalue weighted by atomic mass is 10.4. The van der Waals surface area contributed by atoms with Crippen molar-refractivity contribution >= 4 is 31.1 Å². The van der Waals surface area contributed by atoms with Crippen molar-refractivity contribution in [1.82, 2.24) is 0 Å². The number of ether oxygens (including phenoxy) is 1. The van der Waals surface area contributed by atoms with E-state index in [4.69, 9.17) is 15.4 Å². The molecular formula is C6H7ClO3S2. The Morgan fingerprint density at radius 2 is 2.17 bits per heavy atom. The zero-order chi connectivity index (χ0) is 9.35. The molecule has 0 radical (unpaired) electrons. The Bertz CT molecular complexity index is 379. The number of thiophene rings is 1. The monoisotopic (exact) mass is 226 g/mol. The summed E-state index contributed by atoms with van der Waals surface area (Å²) >= 11 is 1.22. The van der Waals surface area contributed by atoms with Gasteiger partial charge in [0.15, 0.2) is 5.06 Å². The highest BCUT2D eigenvalue weighted by Crippen LogP contribution is 2.35. The average Bonchev–Trinajstić information content (AvgIpc) is 2.29. The van der Waals surface area contributed by atoms with Crippen LogP contribution in [0.2, 0.25) is 0 Å². The molecule has 12 heavy (non-hydrogen) atoms. The summed E-state index contributed by atoms with van der Waals surface area (Å²) in [4.78, 5) is 0.0802. The molecular weight excluding hydrogens is 220 g/mol. The molecule has 1 heterocycles. The highest BCUT2D eigenvalue weighted by Gasteiger charge is 2.21. The van der Waals surface area contributed by atoms with Crippen molar-refractivity contribution in [2.45, 2.75) is 11.8 Å². The van der Waals surface area contributed by atoms with Gasteiger partial charge in [-0.3, -0.25) is 0 Å². The first kappa shape index (κ1) is 9.83. The van der Waals surface area contributed by atoms with E-state index in [1.807, 2.05) is 0 Å². The maximum atomic E-state index is 11.0. The third-order valence-electron chi connectivity index (χ3n) is 1.32. The van der Waals surface area contributed by atoms with Gasteiger partial charge in [-0.25, -0.2) is 8.42 Å². The molecule has 0 spiro atoms. The van der Waals surface area contributed by atoms with E-state index in [9.17, 15) is 8.42 Å². The summed E-state index contributed by atoms with van der Waals surface area (Å²) in [6, 6.07) is 0. The van der Waals surface area contributed by atoms with E-state index in [2.05, 4.69) is 0 Å². The molecule has 1 aromatic heterocycles. The van der Waals surface area contributed by atoms with Crippen molar-refractivity contribution in [2.24, 2.45) is 0 Å². The zero-order valence-electron chi connectivity index (χ0n) is 6.50. The SMILES string of the molecule is COc1scc(C)c1S(=O)(=O)Cl. The molecule has 1 aromatic rings. The standard InChI is InChI=1S/C6H7ClO3S2/c1-4-3-11-6(10-2)5(4)12(7,8)9/h3H,1-2H3. The van der Waals surface area contributed by atoms with Crippen LogP contribution in [0, 0.1) is 6.92 Å². The maximum absolute atomic E-state index is 11.0. The number of aryl methyl sites for hydroxylation is 1. The van der Waals surface area contributed by atoms with Gasteiger partial charge in [-0.2, -0.15) is 0 Å². The number of hydrogen-bond donors (Lipinski definition) is 0. The summed E-state index contributed by atoms with van der Waals surface area (Å²) in [5, 5.41) is 2.02. The van der Waals surface area contributed by atoms with Crippen molar-refractivity contribution in [1.29, 1.82) is 0 Å². The summed E-state index contributed by atoms with van der Waals surface area (Å²) in [5.41, 5.74) is 0.617. The molecule has 0 aliphatic rings. The summed E-state index contributed by atoms with van der Waals surface area (Å²) in [6.45, 7) is 1.67. The van der Waals surface area contributed by atoms with Gasteiger partial charge in [0.1, 0.15) is 4.90 Å².